The van der Waals surface area contributed by atoms with E-state index in [2.05, 4.69) is 15.6 Å². The molecule has 3 amide bonds. The standard InChI is InChI=1S/C36H40N6O7/c1-3-24(20-43)42-32-34(46)40(21-41-26-15-8-7-14-25(26)38-39-41)19-11-18-36(32)30(33(42)45)29-27(49-36)16-9-10-17-28(44)37-22(2)31(48-35(29)47)23-12-5-4-6-13-23/h4-9,11-16,18,22,24,27,29-32,43H,3,10,17,19-21H2,1-2H3,(H,37,44)/b16-9-/t22-,24-,27-,29+,30+,31+,32-,36+/m0/s1. The predicted octanol–water partition coefficient (Wildman–Crippen LogP) is 2.28. The molecule has 4 aliphatic rings. The van der Waals surface area contributed by atoms with Crippen LogP contribution in [0.5, 0.6) is 0 Å². The molecular weight excluding hydrogens is 628 g/mol. The number of esters is 1. The first kappa shape index (κ1) is 32.7. The van der Waals surface area contributed by atoms with Gasteiger partial charge in [-0.25, -0.2) is 4.68 Å². The molecule has 13 nitrogen and oxygen atoms in total. The Hall–Kier alpha value is -4.88. The Morgan fingerprint density at radius 2 is 1.82 bits per heavy atom. The van der Waals surface area contributed by atoms with Gasteiger partial charge in [0.05, 0.1) is 36.2 Å². The van der Waals surface area contributed by atoms with Crippen molar-refractivity contribution in [1.82, 2.24) is 30.1 Å². The van der Waals surface area contributed by atoms with Gasteiger partial charge in [-0.05, 0) is 37.5 Å². The van der Waals surface area contributed by atoms with Crippen molar-refractivity contribution < 1.29 is 33.8 Å². The van der Waals surface area contributed by atoms with E-state index in [0.29, 0.717) is 23.9 Å². The van der Waals surface area contributed by atoms with Gasteiger partial charge in [-0.15, -0.1) is 5.10 Å². The van der Waals surface area contributed by atoms with Crippen molar-refractivity contribution in [2.45, 2.75) is 75.7 Å². The minimum absolute atomic E-state index is 0.0609. The highest BCUT2D eigenvalue weighted by atomic mass is 16.6. The van der Waals surface area contributed by atoms with Gasteiger partial charge < -0.3 is 29.7 Å². The van der Waals surface area contributed by atoms with Crippen LogP contribution < -0.4 is 5.32 Å². The number of carbonyl (C=O) groups excluding carboxylic acids is 4. The number of benzene rings is 2. The zero-order valence-corrected chi connectivity index (χ0v) is 27.4. The smallest absolute Gasteiger partial charge is 0.313 e. The van der Waals surface area contributed by atoms with Crippen molar-refractivity contribution in [3.63, 3.8) is 0 Å². The first-order valence-electron chi connectivity index (χ1n) is 16.8. The summed E-state index contributed by atoms with van der Waals surface area (Å²) >= 11 is 0. The Balaban J connectivity index is 1.30. The van der Waals surface area contributed by atoms with Crippen LogP contribution in [-0.2, 0) is 35.3 Å². The minimum atomic E-state index is -1.53. The Bertz CT molecular complexity index is 1810. The molecule has 0 bridgehead atoms. The topological polar surface area (TPSA) is 156 Å². The van der Waals surface area contributed by atoms with E-state index < -0.39 is 65.6 Å². The lowest BCUT2D eigenvalue weighted by atomic mass is 9.77. The minimum Gasteiger partial charge on any atom is -0.455 e. The molecule has 0 aliphatic carbocycles. The van der Waals surface area contributed by atoms with E-state index in [1.165, 1.54) is 4.90 Å². The first-order chi connectivity index (χ1) is 23.8. The zero-order chi connectivity index (χ0) is 34.3. The number of para-hydroxylation sites is 1. The molecule has 7 rings (SSSR count). The maximum absolute atomic E-state index is 14.7. The lowest BCUT2D eigenvalue weighted by molar-refractivity contribution is -0.162. The van der Waals surface area contributed by atoms with Crippen LogP contribution in [0, 0.1) is 11.8 Å². The second-order valence-electron chi connectivity index (χ2n) is 13.1. The number of nitrogens with one attached hydrogen (secondary N) is 1. The Labute approximate surface area is 283 Å². The summed E-state index contributed by atoms with van der Waals surface area (Å²) in [4.78, 5) is 59.7. The third kappa shape index (κ3) is 5.60. The van der Waals surface area contributed by atoms with Crippen molar-refractivity contribution >= 4 is 34.7 Å². The molecule has 49 heavy (non-hydrogen) atoms. The summed E-state index contributed by atoms with van der Waals surface area (Å²) in [6.07, 6.45) is 6.21. The fraction of sp³-hybridized carbons (Fsp3) is 0.444. The monoisotopic (exact) mass is 668 g/mol. The van der Waals surface area contributed by atoms with E-state index in [0.717, 1.165) is 5.52 Å². The fourth-order valence-electron chi connectivity index (χ4n) is 7.81. The molecule has 2 saturated heterocycles. The molecule has 2 aromatic carbocycles. The molecule has 2 fully saturated rings. The van der Waals surface area contributed by atoms with Gasteiger partial charge in [-0.3, -0.25) is 19.2 Å². The molecule has 13 heteroatoms. The molecule has 3 aromatic rings. The number of aromatic nitrogens is 3. The van der Waals surface area contributed by atoms with Crippen molar-refractivity contribution in [3.8, 4) is 0 Å². The number of hydrogen-bond acceptors (Lipinski definition) is 9. The third-order valence-corrected chi connectivity index (χ3v) is 10.2. The summed E-state index contributed by atoms with van der Waals surface area (Å²) in [6.45, 7) is 3.49. The number of cyclic esters (lactones) is 1. The summed E-state index contributed by atoms with van der Waals surface area (Å²) in [5.74, 6) is -3.94. The molecule has 8 atom stereocenters. The fourth-order valence-corrected chi connectivity index (χ4v) is 7.81. The van der Waals surface area contributed by atoms with Gasteiger partial charge in [0.2, 0.25) is 11.8 Å². The van der Waals surface area contributed by atoms with Crippen LogP contribution in [-0.4, -0.2) is 96.6 Å². The number of carbonyl (C=O) groups is 4. The van der Waals surface area contributed by atoms with Gasteiger partial charge in [0, 0.05) is 13.0 Å². The van der Waals surface area contributed by atoms with Gasteiger partial charge in [0.1, 0.15) is 35.9 Å². The molecule has 256 valence electrons. The number of ether oxygens (including phenoxy) is 2. The molecule has 1 spiro atoms. The van der Waals surface area contributed by atoms with E-state index in [9.17, 15) is 24.3 Å². The average Bonchev–Trinajstić information content (AvgIpc) is 3.70. The SMILES string of the molecule is CC[C@@H](CO)N1C(=O)[C@H]2[C@@H]3C(=O)O[C@@H](c4ccccc4)[C@H](C)NC(=O)CC/C=C\[C@@H]3O[C@]23C=CCN(Cn2nnc4ccccc42)C(=O)[C@H]13. The Kier molecular flexibility index (Phi) is 8.80. The quantitative estimate of drug-likeness (QED) is 0.297. The number of likely N-dealkylation sites (tertiary alicyclic amines) is 1. The molecule has 5 heterocycles. The molecule has 4 aliphatic heterocycles. The highest BCUT2D eigenvalue weighted by molar-refractivity contribution is 5.99. The Morgan fingerprint density at radius 1 is 1.04 bits per heavy atom. The normalized spacial score (nSPS) is 31.6. The summed E-state index contributed by atoms with van der Waals surface area (Å²) in [5, 5.41) is 21.9. The largest absolute Gasteiger partial charge is 0.455 e. The van der Waals surface area contributed by atoms with E-state index in [4.69, 9.17) is 9.47 Å². The van der Waals surface area contributed by atoms with Gasteiger partial charge in [0.25, 0.3) is 5.91 Å². The van der Waals surface area contributed by atoms with E-state index in [-0.39, 0.29) is 32.1 Å². The number of amides is 3. The number of aliphatic hydroxyl groups is 1. The highest BCUT2D eigenvalue weighted by Gasteiger charge is 2.72. The lowest BCUT2D eigenvalue weighted by Gasteiger charge is -2.38. The first-order valence-corrected chi connectivity index (χ1v) is 16.8. The molecule has 1 aromatic heterocycles. The van der Waals surface area contributed by atoms with Crippen LogP contribution in [0.15, 0.2) is 78.9 Å². The second kappa shape index (κ2) is 13.2. The summed E-state index contributed by atoms with van der Waals surface area (Å²) < 4.78 is 14.7. The van der Waals surface area contributed by atoms with Crippen molar-refractivity contribution in [2.24, 2.45) is 11.8 Å². The van der Waals surface area contributed by atoms with E-state index in [1.807, 2.05) is 61.5 Å². The zero-order valence-electron chi connectivity index (χ0n) is 27.4. The Morgan fingerprint density at radius 3 is 2.59 bits per heavy atom. The average molecular weight is 669 g/mol. The number of aliphatic hydroxyl groups excluding tert-OH is 1. The number of hydrogen-bond donors (Lipinski definition) is 2. The highest BCUT2D eigenvalue weighted by Crippen LogP contribution is 2.54. The second-order valence-corrected chi connectivity index (χ2v) is 13.1. The van der Waals surface area contributed by atoms with Crippen LogP contribution >= 0.6 is 0 Å². The number of allylic oxidation sites excluding steroid dienone is 1. The number of nitrogens with zero attached hydrogens (tertiary/aromatic N) is 5. The summed E-state index contributed by atoms with van der Waals surface area (Å²) in [7, 11) is 0. The van der Waals surface area contributed by atoms with Crippen LogP contribution in [0.3, 0.4) is 0 Å². The third-order valence-electron chi connectivity index (χ3n) is 10.2. The molecule has 2 N–H and O–H groups in total. The van der Waals surface area contributed by atoms with Gasteiger partial charge in [-0.1, -0.05) is 78.9 Å². The molecule has 0 unspecified atom stereocenters. The lowest BCUT2D eigenvalue weighted by Crippen LogP contribution is -2.58. The van der Waals surface area contributed by atoms with Gasteiger partial charge in [-0.2, -0.15) is 0 Å². The predicted molar refractivity (Wildman–Crippen MR) is 176 cm³/mol. The summed E-state index contributed by atoms with van der Waals surface area (Å²) in [5.41, 5.74) is 0.581. The van der Waals surface area contributed by atoms with Crippen LogP contribution in [0.4, 0.5) is 0 Å². The van der Waals surface area contributed by atoms with Gasteiger partial charge >= 0.3 is 5.97 Å². The summed E-state index contributed by atoms with van der Waals surface area (Å²) in [6, 6.07) is 14.1. The molecule has 0 saturated carbocycles. The van der Waals surface area contributed by atoms with Crippen molar-refractivity contribution in [3.05, 3.63) is 84.5 Å². The number of rotatable bonds is 6. The maximum atomic E-state index is 14.7. The van der Waals surface area contributed by atoms with Crippen LogP contribution in [0.25, 0.3) is 11.0 Å². The maximum Gasteiger partial charge on any atom is 0.313 e. The van der Waals surface area contributed by atoms with E-state index >= 15 is 0 Å². The number of fused-ring (bicyclic) bond motifs is 3. The van der Waals surface area contributed by atoms with Crippen LogP contribution in [0.1, 0.15) is 44.8 Å². The molecule has 0 radical (unpaired) electrons. The van der Waals surface area contributed by atoms with Crippen LogP contribution in [0.2, 0.25) is 0 Å². The van der Waals surface area contributed by atoms with E-state index in [1.54, 1.807) is 40.8 Å². The van der Waals surface area contributed by atoms with Gasteiger partial charge in [0.15, 0.2) is 0 Å². The van der Waals surface area contributed by atoms with Crippen molar-refractivity contribution in [2.75, 3.05) is 13.2 Å². The van der Waals surface area contributed by atoms with Crippen molar-refractivity contribution in [1.29, 1.82) is 0 Å². The molecular formula is C36H40N6O7.